The molecule has 2 heterocycles. The van der Waals surface area contributed by atoms with Crippen molar-refractivity contribution in [3.8, 4) is 0 Å². The molecular weight excluding hydrogens is 637 g/mol. The lowest BCUT2D eigenvalue weighted by Crippen LogP contribution is -2.68. The smallest absolute Gasteiger partial charge is 0.353 e. The van der Waals surface area contributed by atoms with E-state index in [9.17, 15) is 29.4 Å². The van der Waals surface area contributed by atoms with E-state index in [2.05, 4.69) is 10.3 Å². The zero-order valence-corrected chi connectivity index (χ0v) is 27.5. The lowest BCUT2D eigenvalue weighted by Gasteiger charge is -2.50. The van der Waals surface area contributed by atoms with E-state index in [0.717, 1.165) is 15.9 Å². The molecular formula is C39H34N3O6P. The number of ketones is 1. The summed E-state index contributed by atoms with van der Waals surface area (Å²) in [4.78, 5) is 59.7. The largest absolute Gasteiger partial charge is 0.477 e. The van der Waals surface area contributed by atoms with Gasteiger partial charge in [0, 0.05) is 37.0 Å². The lowest BCUT2D eigenvalue weighted by molar-refractivity contribution is -0.156. The molecule has 0 unspecified atom stereocenters. The third kappa shape index (κ3) is 6.34. The molecule has 0 spiro atoms. The first-order chi connectivity index (χ1) is 23.7. The number of hydrogen-bond donors (Lipinski definition) is 3. The van der Waals surface area contributed by atoms with Gasteiger partial charge in [0.05, 0.1) is 23.6 Å². The van der Waals surface area contributed by atoms with Crippen LogP contribution in [0, 0.1) is 5.92 Å². The van der Waals surface area contributed by atoms with Gasteiger partial charge in [-0.1, -0.05) is 103 Å². The number of anilines is 1. The number of benzene rings is 4. The van der Waals surface area contributed by atoms with Crippen LogP contribution in [0.1, 0.15) is 34.1 Å². The minimum atomic E-state index is -3.26. The molecule has 2 amide bonds. The number of aliphatic hydroxyl groups excluding tert-OH is 1. The zero-order chi connectivity index (χ0) is 34.5. The minimum Gasteiger partial charge on any atom is -0.477 e. The number of Topliss-reactive ketones (excluding diaryl/α,β-unsaturated/α-hetero) is 1. The Bertz CT molecular complexity index is 1950. The molecule has 9 nitrogen and oxygen atoms in total. The Morgan fingerprint density at radius 1 is 0.796 bits per heavy atom. The molecule has 0 radical (unpaired) electrons. The van der Waals surface area contributed by atoms with Crippen LogP contribution in [-0.2, 0) is 9.59 Å². The van der Waals surface area contributed by atoms with Gasteiger partial charge in [0.1, 0.15) is 5.42 Å². The normalized spacial score (nSPS) is 16.3. The number of aliphatic carboxylic acids is 1. The molecule has 10 heteroatoms. The molecule has 1 aromatic heterocycles. The van der Waals surface area contributed by atoms with Crippen LogP contribution in [0.3, 0.4) is 0 Å². The predicted molar refractivity (Wildman–Crippen MR) is 191 cm³/mol. The van der Waals surface area contributed by atoms with Crippen LogP contribution in [0.5, 0.6) is 0 Å². The van der Waals surface area contributed by atoms with Crippen LogP contribution in [0.15, 0.2) is 140 Å². The van der Waals surface area contributed by atoms with E-state index < -0.39 is 42.7 Å². The molecule has 1 fully saturated rings. The second-order valence-corrected chi connectivity index (χ2v) is 15.1. The van der Waals surface area contributed by atoms with E-state index in [4.69, 9.17) is 0 Å². The number of carbonyl (C=O) groups is 4. The summed E-state index contributed by atoms with van der Waals surface area (Å²) in [7, 11) is 0. The maximum Gasteiger partial charge on any atom is 0.353 e. The van der Waals surface area contributed by atoms with Crippen molar-refractivity contribution in [2.24, 2.45) is 5.92 Å². The highest BCUT2D eigenvalue weighted by atomic mass is 31.2. The molecule has 5 aromatic rings. The fraction of sp³-hybridized carbons (Fsp3) is 0.128. The fourth-order valence-corrected chi connectivity index (χ4v) is 10.9. The summed E-state index contributed by atoms with van der Waals surface area (Å²) in [5.74, 6) is -3.63. The highest BCUT2D eigenvalue weighted by Crippen LogP contribution is 2.49. The second-order valence-electron chi connectivity index (χ2n) is 11.8. The Kier molecular flexibility index (Phi) is 9.67. The number of amides is 2. The van der Waals surface area contributed by atoms with Crippen LogP contribution >= 0.6 is 6.89 Å². The Hall–Kier alpha value is -5.63. The van der Waals surface area contributed by atoms with E-state index in [1.807, 2.05) is 91.0 Å². The third-order valence-corrected chi connectivity index (χ3v) is 13.0. The average Bonchev–Trinajstić information content (AvgIpc) is 3.13. The maximum atomic E-state index is 14.1. The van der Waals surface area contributed by atoms with E-state index in [0.29, 0.717) is 11.3 Å². The number of carboxylic acid groups (broad SMARTS) is 1. The Balaban J connectivity index is 1.48. The van der Waals surface area contributed by atoms with Crippen molar-refractivity contribution in [3.05, 3.63) is 151 Å². The molecule has 1 aliphatic heterocycles. The predicted octanol–water partition coefficient (Wildman–Crippen LogP) is 4.32. The first-order valence-corrected chi connectivity index (χ1v) is 17.5. The summed E-state index contributed by atoms with van der Waals surface area (Å²) >= 11 is 0. The van der Waals surface area contributed by atoms with Crippen LogP contribution in [0.2, 0.25) is 0 Å². The third-order valence-electron chi connectivity index (χ3n) is 8.72. The summed E-state index contributed by atoms with van der Waals surface area (Å²) in [6, 6.07) is 36.6. The van der Waals surface area contributed by atoms with Gasteiger partial charge < -0.3 is 20.4 Å². The second kappa shape index (κ2) is 14.2. The maximum absolute atomic E-state index is 14.1. The van der Waals surface area contributed by atoms with Gasteiger partial charge in [-0.3, -0.25) is 19.4 Å². The van der Waals surface area contributed by atoms with Gasteiger partial charge in [-0.2, -0.15) is 0 Å². The summed E-state index contributed by atoms with van der Waals surface area (Å²) in [5, 5.41) is 26.9. The van der Waals surface area contributed by atoms with E-state index >= 15 is 0 Å². The number of rotatable bonds is 11. The van der Waals surface area contributed by atoms with Crippen LogP contribution in [-0.4, -0.2) is 61.2 Å². The molecule has 49 heavy (non-hydrogen) atoms. The van der Waals surface area contributed by atoms with E-state index in [1.165, 1.54) is 24.1 Å². The SMILES string of the molecule is C[C@@H](O)[C@H]1C(=O)N(C(C(=O)O)=P(c2ccccc2)(c2ccccc2)c2ccccc2)[C@@H]1CC(=O)c1cccc(NC(=O)c2cccnc2)c1. The van der Waals surface area contributed by atoms with Crippen molar-refractivity contribution in [1.29, 1.82) is 0 Å². The molecule has 3 atom stereocenters. The Morgan fingerprint density at radius 2 is 1.35 bits per heavy atom. The van der Waals surface area contributed by atoms with Crippen molar-refractivity contribution >= 4 is 57.5 Å². The standard InChI is InChI=1S/C39H34N3O6P/c1-26(43)35-33(24-34(44)27-13-11-15-29(23-27)41-36(45)28-14-12-22-40-25-28)42(37(35)46)38(39(47)48)49(30-16-5-2-6-17-30,31-18-7-3-8-19-31)32-20-9-4-10-21-32/h2-23,25-26,33,35,43H,24H2,1H3,(H,41,45)(H,47,48)/t26-,33-,35-/m1/s1. The van der Waals surface area contributed by atoms with Crippen LogP contribution < -0.4 is 21.2 Å². The van der Waals surface area contributed by atoms with Crippen molar-refractivity contribution in [3.63, 3.8) is 0 Å². The number of carbonyl (C=O) groups excluding carboxylic acids is 3. The molecule has 0 saturated carbocycles. The van der Waals surface area contributed by atoms with Crippen molar-refractivity contribution in [2.75, 3.05) is 5.32 Å². The number of β-lactam (4-membered cyclic amide) rings is 1. The fourth-order valence-electron chi connectivity index (χ4n) is 6.53. The number of carboxylic acids is 1. The highest BCUT2D eigenvalue weighted by Gasteiger charge is 2.55. The molecule has 0 aliphatic carbocycles. The molecule has 3 N–H and O–H groups in total. The number of likely N-dealkylation sites (tertiary alicyclic amines) is 1. The zero-order valence-electron chi connectivity index (χ0n) is 26.6. The number of aliphatic hydroxyl groups is 1. The van der Waals surface area contributed by atoms with E-state index in [-0.39, 0.29) is 23.2 Å². The average molecular weight is 672 g/mol. The summed E-state index contributed by atoms with van der Waals surface area (Å²) in [6.07, 6.45) is 1.60. The quantitative estimate of drug-likeness (QED) is 0.108. The minimum absolute atomic E-state index is 0.131. The first kappa shape index (κ1) is 33.3. The number of nitrogens with zero attached hydrogens (tertiary/aromatic N) is 2. The molecule has 0 bridgehead atoms. The summed E-state index contributed by atoms with van der Waals surface area (Å²) in [5.41, 5.74) is 0.864. The summed E-state index contributed by atoms with van der Waals surface area (Å²) < 4.78 is 0. The van der Waals surface area contributed by atoms with Crippen LogP contribution in [0.25, 0.3) is 0 Å². The number of aromatic nitrogens is 1. The van der Waals surface area contributed by atoms with Crippen molar-refractivity contribution < 1.29 is 29.4 Å². The molecule has 6 rings (SSSR count). The topological polar surface area (TPSA) is 137 Å². The van der Waals surface area contributed by atoms with Gasteiger partial charge in [-0.15, -0.1) is 0 Å². The van der Waals surface area contributed by atoms with Crippen LogP contribution in [0.4, 0.5) is 5.69 Å². The monoisotopic (exact) mass is 671 g/mol. The molecule has 246 valence electrons. The highest BCUT2D eigenvalue weighted by molar-refractivity contribution is 7.96. The van der Waals surface area contributed by atoms with Crippen molar-refractivity contribution in [2.45, 2.75) is 25.5 Å². The van der Waals surface area contributed by atoms with E-state index in [1.54, 1.807) is 36.5 Å². The lowest BCUT2D eigenvalue weighted by atomic mass is 9.79. The molecule has 4 aromatic carbocycles. The molecule has 1 aliphatic rings. The van der Waals surface area contributed by atoms with Gasteiger partial charge in [0.25, 0.3) is 5.91 Å². The number of pyridine rings is 1. The van der Waals surface area contributed by atoms with Gasteiger partial charge in [0.15, 0.2) is 5.78 Å². The Labute approximate surface area is 283 Å². The summed E-state index contributed by atoms with van der Waals surface area (Å²) in [6.45, 7) is -1.79. The first-order valence-electron chi connectivity index (χ1n) is 15.8. The van der Waals surface area contributed by atoms with Gasteiger partial charge >= 0.3 is 5.97 Å². The van der Waals surface area contributed by atoms with Gasteiger partial charge in [0.2, 0.25) is 5.91 Å². The van der Waals surface area contributed by atoms with Gasteiger partial charge in [-0.25, -0.2) is 4.79 Å². The number of hydrogen-bond acceptors (Lipinski definition) is 6. The molecule has 1 saturated heterocycles. The van der Waals surface area contributed by atoms with Gasteiger partial charge in [-0.05, 0) is 47.1 Å². The van der Waals surface area contributed by atoms with Crippen molar-refractivity contribution in [1.82, 2.24) is 9.88 Å². The number of nitrogens with one attached hydrogen (secondary N) is 1. The Morgan fingerprint density at radius 3 is 1.84 bits per heavy atom.